The number of hydrogen-bond acceptors (Lipinski definition) is 5. The first kappa shape index (κ1) is 19.1. The SMILES string of the molecule is CCC(=O)c1ccc(OCC(=O)NCC(c2cccs2)N(C)C)cc1. The predicted molar refractivity (Wildman–Crippen MR) is 100 cm³/mol. The Balaban J connectivity index is 1.81. The second kappa shape index (κ2) is 9.34. The summed E-state index contributed by atoms with van der Waals surface area (Å²) in [5.74, 6) is 0.495. The summed E-state index contributed by atoms with van der Waals surface area (Å²) in [6, 6.07) is 11.1. The van der Waals surface area contributed by atoms with Crippen LogP contribution in [-0.4, -0.2) is 43.8 Å². The van der Waals surface area contributed by atoms with Crippen molar-refractivity contribution < 1.29 is 14.3 Å². The van der Waals surface area contributed by atoms with Gasteiger partial charge < -0.3 is 15.0 Å². The lowest BCUT2D eigenvalue weighted by atomic mass is 10.1. The Morgan fingerprint density at radius 3 is 2.48 bits per heavy atom. The number of ether oxygens (including phenoxy) is 1. The number of nitrogens with zero attached hydrogens (tertiary/aromatic N) is 1. The molecule has 1 amide bonds. The second-order valence-electron chi connectivity index (χ2n) is 5.89. The number of amides is 1. The van der Waals surface area contributed by atoms with Crippen molar-refractivity contribution >= 4 is 23.0 Å². The van der Waals surface area contributed by atoms with Crippen LogP contribution in [0.25, 0.3) is 0 Å². The van der Waals surface area contributed by atoms with Crippen molar-refractivity contribution in [3.05, 3.63) is 52.2 Å². The summed E-state index contributed by atoms with van der Waals surface area (Å²) in [7, 11) is 3.98. The van der Waals surface area contributed by atoms with E-state index >= 15 is 0 Å². The van der Waals surface area contributed by atoms with Gasteiger partial charge in [-0.05, 0) is 49.8 Å². The third-order valence-electron chi connectivity index (χ3n) is 3.85. The van der Waals surface area contributed by atoms with Gasteiger partial charge in [-0.1, -0.05) is 13.0 Å². The van der Waals surface area contributed by atoms with Crippen LogP contribution >= 0.6 is 11.3 Å². The fourth-order valence-electron chi connectivity index (χ4n) is 2.37. The minimum Gasteiger partial charge on any atom is -0.484 e. The molecule has 1 unspecified atom stereocenters. The summed E-state index contributed by atoms with van der Waals surface area (Å²) in [4.78, 5) is 26.9. The minimum atomic E-state index is -0.169. The van der Waals surface area contributed by atoms with Crippen LogP contribution < -0.4 is 10.1 Å². The highest BCUT2D eigenvalue weighted by atomic mass is 32.1. The van der Waals surface area contributed by atoms with Crippen LogP contribution in [0.2, 0.25) is 0 Å². The van der Waals surface area contributed by atoms with Gasteiger partial charge in [-0.15, -0.1) is 11.3 Å². The third-order valence-corrected chi connectivity index (χ3v) is 4.83. The zero-order chi connectivity index (χ0) is 18.2. The molecule has 134 valence electrons. The van der Waals surface area contributed by atoms with E-state index in [-0.39, 0.29) is 24.3 Å². The number of rotatable bonds is 9. The molecule has 5 nitrogen and oxygen atoms in total. The maximum absolute atomic E-state index is 12.0. The van der Waals surface area contributed by atoms with E-state index in [1.54, 1.807) is 35.6 Å². The van der Waals surface area contributed by atoms with Gasteiger partial charge in [0.1, 0.15) is 5.75 Å². The molecule has 0 fully saturated rings. The molecule has 25 heavy (non-hydrogen) atoms. The van der Waals surface area contributed by atoms with Gasteiger partial charge in [0.05, 0.1) is 6.04 Å². The summed E-state index contributed by atoms with van der Waals surface area (Å²) >= 11 is 1.67. The van der Waals surface area contributed by atoms with Crippen molar-refractivity contribution in [1.29, 1.82) is 0 Å². The number of thiophene rings is 1. The molecule has 6 heteroatoms. The summed E-state index contributed by atoms with van der Waals surface area (Å²) in [5, 5.41) is 4.94. The first-order valence-corrected chi connectivity index (χ1v) is 9.11. The number of likely N-dealkylation sites (N-methyl/N-ethyl adjacent to an activating group) is 1. The molecular formula is C19H24N2O3S. The molecular weight excluding hydrogens is 336 g/mol. The summed E-state index contributed by atoms with van der Waals surface area (Å²) in [6.07, 6.45) is 0.472. The Hall–Kier alpha value is -2.18. The second-order valence-corrected chi connectivity index (χ2v) is 6.87. The van der Waals surface area contributed by atoms with Crippen LogP contribution in [-0.2, 0) is 4.79 Å². The lowest BCUT2D eigenvalue weighted by Crippen LogP contribution is -2.36. The fourth-order valence-corrected chi connectivity index (χ4v) is 3.29. The van der Waals surface area contributed by atoms with E-state index < -0.39 is 0 Å². The van der Waals surface area contributed by atoms with Gasteiger partial charge in [0.2, 0.25) is 0 Å². The van der Waals surface area contributed by atoms with Crippen molar-refractivity contribution in [2.45, 2.75) is 19.4 Å². The maximum atomic E-state index is 12.0. The number of carbonyl (C=O) groups excluding carboxylic acids is 2. The molecule has 0 spiro atoms. The van der Waals surface area contributed by atoms with Crippen LogP contribution in [0.5, 0.6) is 5.75 Å². The molecule has 0 saturated carbocycles. The highest BCUT2D eigenvalue weighted by Gasteiger charge is 2.16. The molecule has 2 rings (SSSR count). The third kappa shape index (κ3) is 5.69. The Kier molecular flexibility index (Phi) is 7.16. The van der Waals surface area contributed by atoms with Gasteiger partial charge in [-0.2, -0.15) is 0 Å². The molecule has 1 N–H and O–H groups in total. The summed E-state index contributed by atoms with van der Waals surface area (Å²) in [6.45, 7) is 2.31. The highest BCUT2D eigenvalue weighted by molar-refractivity contribution is 7.10. The number of benzene rings is 1. The van der Waals surface area contributed by atoms with Crippen LogP contribution in [0.1, 0.15) is 34.6 Å². The Labute approximate surface area is 152 Å². The van der Waals surface area contributed by atoms with Gasteiger partial charge >= 0.3 is 0 Å². The molecule has 0 radical (unpaired) electrons. The number of Topliss-reactive ketones (excluding diaryl/α,β-unsaturated/α-hetero) is 1. The maximum Gasteiger partial charge on any atom is 0.258 e. The van der Waals surface area contributed by atoms with Crippen LogP contribution in [0.3, 0.4) is 0 Å². The molecule has 1 aromatic heterocycles. The van der Waals surface area contributed by atoms with Crippen molar-refractivity contribution in [2.24, 2.45) is 0 Å². The normalized spacial score (nSPS) is 12.0. The average Bonchev–Trinajstić information content (AvgIpc) is 3.14. The lowest BCUT2D eigenvalue weighted by molar-refractivity contribution is -0.123. The van der Waals surface area contributed by atoms with Gasteiger partial charge in [-0.3, -0.25) is 9.59 Å². The van der Waals surface area contributed by atoms with Crippen molar-refractivity contribution in [1.82, 2.24) is 10.2 Å². The van der Waals surface area contributed by atoms with E-state index in [9.17, 15) is 9.59 Å². The zero-order valence-corrected chi connectivity index (χ0v) is 15.6. The molecule has 0 aliphatic heterocycles. The molecule has 0 aliphatic rings. The topological polar surface area (TPSA) is 58.6 Å². The number of hydrogen-bond donors (Lipinski definition) is 1. The van der Waals surface area contributed by atoms with Crippen LogP contribution in [0.4, 0.5) is 0 Å². The Morgan fingerprint density at radius 1 is 1.20 bits per heavy atom. The van der Waals surface area contributed by atoms with E-state index in [0.29, 0.717) is 24.3 Å². The number of nitrogens with one attached hydrogen (secondary N) is 1. The average molecular weight is 360 g/mol. The van der Waals surface area contributed by atoms with E-state index in [1.807, 2.05) is 32.5 Å². The van der Waals surface area contributed by atoms with Gasteiger partial charge in [0.25, 0.3) is 5.91 Å². The van der Waals surface area contributed by atoms with E-state index in [4.69, 9.17) is 4.74 Å². The van der Waals surface area contributed by atoms with Gasteiger partial charge in [0, 0.05) is 23.4 Å². The Bertz CT molecular complexity index is 681. The molecule has 1 heterocycles. The standard InChI is InChI=1S/C19H24N2O3S/c1-4-17(22)14-7-9-15(10-8-14)24-13-19(23)20-12-16(21(2)3)18-6-5-11-25-18/h5-11,16H,4,12-13H2,1-3H3,(H,20,23). The molecule has 1 aromatic carbocycles. The monoisotopic (exact) mass is 360 g/mol. The van der Waals surface area contributed by atoms with Crippen LogP contribution in [0, 0.1) is 0 Å². The van der Waals surface area contributed by atoms with E-state index in [0.717, 1.165) is 0 Å². The smallest absolute Gasteiger partial charge is 0.258 e. The molecule has 0 saturated heterocycles. The van der Waals surface area contributed by atoms with Crippen molar-refractivity contribution in [3.63, 3.8) is 0 Å². The van der Waals surface area contributed by atoms with E-state index in [2.05, 4.69) is 16.3 Å². The summed E-state index contributed by atoms with van der Waals surface area (Å²) < 4.78 is 5.49. The van der Waals surface area contributed by atoms with Crippen LogP contribution in [0.15, 0.2) is 41.8 Å². The van der Waals surface area contributed by atoms with E-state index in [1.165, 1.54) is 4.88 Å². The minimum absolute atomic E-state index is 0.0499. The Morgan fingerprint density at radius 2 is 1.92 bits per heavy atom. The first-order valence-electron chi connectivity index (χ1n) is 8.23. The molecule has 2 aromatic rings. The fraction of sp³-hybridized carbons (Fsp3) is 0.368. The molecule has 1 atom stereocenters. The van der Waals surface area contributed by atoms with Gasteiger partial charge in [0.15, 0.2) is 12.4 Å². The zero-order valence-electron chi connectivity index (χ0n) is 14.8. The largest absolute Gasteiger partial charge is 0.484 e. The summed E-state index contributed by atoms with van der Waals surface area (Å²) in [5.41, 5.74) is 0.657. The van der Waals surface area contributed by atoms with Crippen molar-refractivity contribution in [2.75, 3.05) is 27.2 Å². The quantitative estimate of drug-likeness (QED) is 0.698. The first-order chi connectivity index (χ1) is 12.0. The number of carbonyl (C=O) groups is 2. The highest BCUT2D eigenvalue weighted by Crippen LogP contribution is 2.22. The molecule has 0 bridgehead atoms. The lowest BCUT2D eigenvalue weighted by Gasteiger charge is -2.23. The number of ketones is 1. The predicted octanol–water partition coefficient (Wildman–Crippen LogP) is 3.14. The van der Waals surface area contributed by atoms with Gasteiger partial charge in [-0.25, -0.2) is 0 Å². The van der Waals surface area contributed by atoms with Crippen molar-refractivity contribution in [3.8, 4) is 5.75 Å². The molecule has 0 aliphatic carbocycles.